The number of hydrogen-bond acceptors (Lipinski definition) is 5. The lowest BCUT2D eigenvalue weighted by Gasteiger charge is -2.47. The first-order chi connectivity index (χ1) is 10.9. The number of ether oxygens (including phenoxy) is 1. The summed E-state index contributed by atoms with van der Waals surface area (Å²) in [5, 5.41) is 2.96. The van der Waals surface area contributed by atoms with E-state index in [0.717, 1.165) is 24.9 Å². The second-order valence-corrected chi connectivity index (χ2v) is 7.90. The summed E-state index contributed by atoms with van der Waals surface area (Å²) in [6.07, 6.45) is 6.00. The van der Waals surface area contributed by atoms with Gasteiger partial charge in [-0.2, -0.15) is 0 Å². The van der Waals surface area contributed by atoms with Crippen LogP contribution in [0.3, 0.4) is 0 Å². The highest BCUT2D eigenvalue weighted by Crippen LogP contribution is 2.39. The van der Waals surface area contributed by atoms with Gasteiger partial charge >= 0.3 is 0 Å². The Morgan fingerprint density at radius 3 is 2.96 bits per heavy atom. The third kappa shape index (κ3) is 3.41. The van der Waals surface area contributed by atoms with E-state index in [1.165, 1.54) is 0 Å². The van der Waals surface area contributed by atoms with Crippen LogP contribution in [0.1, 0.15) is 19.2 Å². The van der Waals surface area contributed by atoms with E-state index in [9.17, 15) is 13.2 Å². The largest absolute Gasteiger partial charge is 0.376 e. The van der Waals surface area contributed by atoms with Crippen molar-refractivity contribution in [1.82, 2.24) is 19.6 Å². The minimum Gasteiger partial charge on any atom is -0.376 e. The first-order valence-corrected chi connectivity index (χ1v) is 9.66. The molecule has 2 fully saturated rings. The quantitative estimate of drug-likeness (QED) is 0.709. The molecule has 0 radical (unpaired) electrons. The Morgan fingerprint density at radius 2 is 2.26 bits per heavy atom. The van der Waals surface area contributed by atoms with Gasteiger partial charge in [0.2, 0.25) is 15.9 Å². The number of nitrogens with one attached hydrogen (secondary N) is 2. The SMILES string of the molecule is CCc1nccn1CC(=O)N[C@H]1[C@H]2CCO[C@H]2[C@@H]1NS(C)(=O)=O. The first-order valence-electron chi connectivity index (χ1n) is 7.77. The molecule has 3 rings (SSSR count). The maximum absolute atomic E-state index is 12.3. The van der Waals surface area contributed by atoms with E-state index < -0.39 is 16.1 Å². The van der Waals surface area contributed by atoms with Gasteiger partial charge in [0, 0.05) is 31.3 Å². The topological polar surface area (TPSA) is 102 Å². The number of aryl methyl sites for hydroxylation is 1. The second kappa shape index (κ2) is 6.21. The Hall–Kier alpha value is -1.45. The molecule has 0 aromatic carbocycles. The number of sulfonamides is 1. The van der Waals surface area contributed by atoms with Crippen LogP contribution in [-0.4, -0.2) is 54.9 Å². The van der Waals surface area contributed by atoms with E-state index in [2.05, 4.69) is 15.0 Å². The van der Waals surface area contributed by atoms with Gasteiger partial charge in [-0.15, -0.1) is 0 Å². The Kier molecular flexibility index (Phi) is 4.43. The summed E-state index contributed by atoms with van der Waals surface area (Å²) in [4.78, 5) is 16.5. The number of amides is 1. The molecule has 4 atom stereocenters. The highest BCUT2D eigenvalue weighted by atomic mass is 32.2. The zero-order chi connectivity index (χ0) is 16.6. The van der Waals surface area contributed by atoms with Crippen molar-refractivity contribution in [2.45, 2.75) is 44.5 Å². The molecular weight excluding hydrogens is 320 g/mol. The van der Waals surface area contributed by atoms with E-state index in [1.54, 1.807) is 17.0 Å². The molecule has 0 unspecified atom stereocenters. The molecule has 2 N–H and O–H groups in total. The van der Waals surface area contributed by atoms with Crippen LogP contribution in [-0.2, 0) is 32.5 Å². The summed E-state index contributed by atoms with van der Waals surface area (Å²) < 4.78 is 33.0. The fraction of sp³-hybridized carbons (Fsp3) is 0.714. The molecule has 1 aliphatic heterocycles. The maximum Gasteiger partial charge on any atom is 0.240 e. The zero-order valence-corrected chi connectivity index (χ0v) is 14.0. The normalized spacial score (nSPS) is 29.8. The lowest BCUT2D eigenvalue weighted by Crippen LogP contribution is -2.71. The molecule has 0 bridgehead atoms. The van der Waals surface area contributed by atoms with Gasteiger partial charge in [-0.25, -0.2) is 18.1 Å². The van der Waals surface area contributed by atoms with Crippen molar-refractivity contribution < 1.29 is 17.9 Å². The van der Waals surface area contributed by atoms with E-state index in [0.29, 0.717) is 6.61 Å². The summed E-state index contributed by atoms with van der Waals surface area (Å²) >= 11 is 0. The van der Waals surface area contributed by atoms with Crippen LogP contribution < -0.4 is 10.0 Å². The molecule has 2 heterocycles. The van der Waals surface area contributed by atoms with Gasteiger partial charge < -0.3 is 14.6 Å². The van der Waals surface area contributed by atoms with Gasteiger partial charge in [-0.1, -0.05) is 6.92 Å². The van der Waals surface area contributed by atoms with Crippen molar-refractivity contribution in [1.29, 1.82) is 0 Å². The third-order valence-corrected chi connectivity index (χ3v) is 5.20. The second-order valence-electron chi connectivity index (χ2n) is 6.12. The van der Waals surface area contributed by atoms with Gasteiger partial charge in [0.05, 0.1) is 24.4 Å². The highest BCUT2D eigenvalue weighted by Gasteiger charge is 2.55. The van der Waals surface area contributed by atoms with Crippen molar-refractivity contribution in [2.75, 3.05) is 12.9 Å². The molecule has 9 heteroatoms. The number of hydrogen-bond donors (Lipinski definition) is 2. The molecule has 1 aliphatic carbocycles. The molecule has 2 aliphatic rings. The molecule has 0 spiro atoms. The van der Waals surface area contributed by atoms with Crippen LogP contribution in [0.25, 0.3) is 0 Å². The molecule has 1 saturated heterocycles. The van der Waals surface area contributed by atoms with Gasteiger partial charge in [-0.05, 0) is 6.42 Å². The van der Waals surface area contributed by atoms with E-state index >= 15 is 0 Å². The monoisotopic (exact) mass is 342 g/mol. The number of carbonyl (C=O) groups is 1. The summed E-state index contributed by atoms with van der Waals surface area (Å²) in [5.41, 5.74) is 0. The van der Waals surface area contributed by atoms with Crippen molar-refractivity contribution in [3.63, 3.8) is 0 Å². The number of aromatic nitrogens is 2. The predicted octanol–water partition coefficient (Wildman–Crippen LogP) is -0.733. The van der Waals surface area contributed by atoms with E-state index in [-0.39, 0.29) is 30.5 Å². The van der Waals surface area contributed by atoms with Crippen LogP contribution in [0.15, 0.2) is 12.4 Å². The number of nitrogens with zero attached hydrogens (tertiary/aromatic N) is 2. The lowest BCUT2D eigenvalue weighted by atomic mass is 9.72. The van der Waals surface area contributed by atoms with Crippen LogP contribution in [0.4, 0.5) is 0 Å². The number of fused-ring (bicyclic) bond motifs is 1. The first kappa shape index (κ1) is 16.4. The molecule has 1 aromatic heterocycles. The van der Waals surface area contributed by atoms with Gasteiger partial charge in [0.15, 0.2) is 0 Å². The third-order valence-electron chi connectivity index (χ3n) is 4.50. The number of rotatable bonds is 6. The fourth-order valence-electron chi connectivity index (χ4n) is 3.48. The lowest BCUT2D eigenvalue weighted by molar-refractivity contribution is -0.125. The van der Waals surface area contributed by atoms with Crippen molar-refractivity contribution in [3.05, 3.63) is 18.2 Å². The molecule has 128 valence electrons. The van der Waals surface area contributed by atoms with Gasteiger partial charge in [0.25, 0.3) is 0 Å². The standard InChI is InChI=1S/C14H22N4O4S/c1-3-10-15-5-6-18(10)8-11(19)16-12-9-4-7-22-14(9)13(12)17-23(2,20)21/h5-6,9,12-14,17H,3-4,7-8H2,1-2H3,(H,16,19)/t9-,12+,13-,14-/m1/s1. The Labute approximate surface area is 135 Å². The van der Waals surface area contributed by atoms with E-state index in [1.807, 2.05) is 6.92 Å². The number of carbonyl (C=O) groups excluding carboxylic acids is 1. The maximum atomic E-state index is 12.3. The minimum atomic E-state index is -3.35. The van der Waals surface area contributed by atoms with Crippen molar-refractivity contribution in [2.24, 2.45) is 5.92 Å². The Balaban J connectivity index is 1.64. The predicted molar refractivity (Wildman–Crippen MR) is 83.2 cm³/mol. The van der Waals surface area contributed by atoms with E-state index in [4.69, 9.17) is 4.74 Å². The molecule has 1 saturated carbocycles. The molecule has 23 heavy (non-hydrogen) atoms. The highest BCUT2D eigenvalue weighted by molar-refractivity contribution is 7.88. The summed E-state index contributed by atoms with van der Waals surface area (Å²) in [7, 11) is -3.35. The minimum absolute atomic E-state index is 0.144. The molecule has 8 nitrogen and oxygen atoms in total. The van der Waals surface area contributed by atoms with Crippen molar-refractivity contribution >= 4 is 15.9 Å². The Bertz CT molecular complexity index is 687. The van der Waals surface area contributed by atoms with Crippen LogP contribution in [0.5, 0.6) is 0 Å². The molecule has 1 amide bonds. The zero-order valence-electron chi connectivity index (χ0n) is 13.2. The molecular formula is C14H22N4O4S. The van der Waals surface area contributed by atoms with Crippen molar-refractivity contribution in [3.8, 4) is 0 Å². The molecule has 1 aromatic rings. The average molecular weight is 342 g/mol. The number of imidazole rings is 1. The fourth-order valence-corrected chi connectivity index (χ4v) is 4.25. The summed E-state index contributed by atoms with van der Waals surface area (Å²) in [6.45, 7) is 2.77. The Morgan fingerprint density at radius 1 is 1.48 bits per heavy atom. The van der Waals surface area contributed by atoms with Gasteiger partial charge in [-0.3, -0.25) is 4.79 Å². The summed E-state index contributed by atoms with van der Waals surface area (Å²) in [5.74, 6) is 0.877. The van der Waals surface area contributed by atoms with Crippen LogP contribution in [0, 0.1) is 5.92 Å². The average Bonchev–Trinajstić information content (AvgIpc) is 3.08. The van der Waals surface area contributed by atoms with Crippen LogP contribution >= 0.6 is 0 Å². The van der Waals surface area contributed by atoms with Gasteiger partial charge in [0.1, 0.15) is 12.4 Å². The smallest absolute Gasteiger partial charge is 0.240 e. The summed E-state index contributed by atoms with van der Waals surface area (Å²) in [6, 6.07) is -0.617. The van der Waals surface area contributed by atoms with Crippen LogP contribution in [0.2, 0.25) is 0 Å².